The highest BCUT2D eigenvalue weighted by atomic mass is 16.6. The summed E-state index contributed by atoms with van der Waals surface area (Å²) in [6.45, 7) is 0.561. The van der Waals surface area contributed by atoms with Crippen LogP contribution in [0.15, 0.2) is 84.0 Å². The number of hydrogen-bond acceptors (Lipinski definition) is 6. The van der Waals surface area contributed by atoms with Crippen LogP contribution in [0.1, 0.15) is 52.0 Å². The highest BCUT2D eigenvalue weighted by Gasteiger charge is 2.12. The van der Waals surface area contributed by atoms with Crippen molar-refractivity contribution in [2.75, 3.05) is 13.7 Å². The Morgan fingerprint density at radius 1 is 0.833 bits per heavy atom. The third kappa shape index (κ3) is 8.39. The maximum absolute atomic E-state index is 12.3. The Morgan fingerprint density at radius 2 is 1.53 bits per heavy atom. The number of hydrazone groups is 1. The maximum atomic E-state index is 12.3. The minimum atomic E-state index is -0.485. The van der Waals surface area contributed by atoms with Crippen molar-refractivity contribution in [3.8, 4) is 11.5 Å². The summed E-state index contributed by atoms with van der Waals surface area (Å²) in [5.74, 6) is -0.121. The van der Waals surface area contributed by atoms with E-state index in [9.17, 15) is 14.4 Å². The van der Waals surface area contributed by atoms with Gasteiger partial charge in [-0.05, 0) is 60.9 Å². The number of benzene rings is 3. The fourth-order valence-corrected chi connectivity index (χ4v) is 3.30. The molecule has 3 aromatic carbocycles. The minimum Gasteiger partial charge on any atom is -0.493 e. The molecule has 0 fully saturated rings. The monoisotopic (exact) mass is 487 g/mol. The quantitative estimate of drug-likeness (QED) is 0.130. The molecule has 0 saturated heterocycles. The van der Waals surface area contributed by atoms with E-state index in [2.05, 4.69) is 15.8 Å². The molecule has 3 aromatic rings. The average molecular weight is 488 g/mol. The topological polar surface area (TPSA) is 106 Å². The summed E-state index contributed by atoms with van der Waals surface area (Å²) < 4.78 is 10.7. The lowest BCUT2D eigenvalue weighted by Gasteiger charge is -2.10. The van der Waals surface area contributed by atoms with Gasteiger partial charge in [0, 0.05) is 18.5 Å². The van der Waals surface area contributed by atoms with Gasteiger partial charge in [0.1, 0.15) is 0 Å². The van der Waals surface area contributed by atoms with Crippen molar-refractivity contribution in [2.24, 2.45) is 5.10 Å². The second kappa shape index (κ2) is 14.1. The Morgan fingerprint density at radius 3 is 2.22 bits per heavy atom. The molecule has 0 aliphatic carbocycles. The molecule has 0 heterocycles. The number of amides is 2. The van der Waals surface area contributed by atoms with Crippen LogP contribution >= 0.6 is 0 Å². The Labute approximate surface area is 210 Å². The normalized spacial score (nSPS) is 10.6. The van der Waals surface area contributed by atoms with Gasteiger partial charge >= 0.3 is 5.97 Å². The van der Waals surface area contributed by atoms with E-state index >= 15 is 0 Å². The van der Waals surface area contributed by atoms with Gasteiger partial charge in [0.15, 0.2) is 11.5 Å². The van der Waals surface area contributed by atoms with Crippen molar-refractivity contribution in [1.82, 2.24) is 10.7 Å². The van der Waals surface area contributed by atoms with Gasteiger partial charge in [-0.2, -0.15) is 5.10 Å². The first-order valence-electron chi connectivity index (χ1n) is 11.7. The van der Waals surface area contributed by atoms with E-state index in [1.54, 1.807) is 54.6 Å². The second-order valence-corrected chi connectivity index (χ2v) is 7.89. The number of methoxy groups -OCH3 is 1. The standard InChI is InChI=1S/C28H29N3O5/c1-35-25-19-21(16-17-24(25)36-28(34)23-13-7-3-8-14-23)20-30-31-26(32)15-9-4-10-18-29-27(33)22-11-5-2-6-12-22/h2-3,5-8,11-14,16-17,19-20H,4,9-10,15,18H2,1H3,(H,29,33)(H,31,32). The molecule has 8 heteroatoms. The number of carbonyl (C=O) groups excluding carboxylic acids is 3. The Bertz CT molecular complexity index is 1180. The average Bonchev–Trinajstić information content (AvgIpc) is 2.92. The molecule has 0 radical (unpaired) electrons. The van der Waals surface area contributed by atoms with Crippen LogP contribution in [0, 0.1) is 0 Å². The number of esters is 1. The van der Waals surface area contributed by atoms with Gasteiger partial charge in [0.25, 0.3) is 5.91 Å². The van der Waals surface area contributed by atoms with Gasteiger partial charge in [-0.1, -0.05) is 42.8 Å². The van der Waals surface area contributed by atoms with Gasteiger partial charge in [-0.25, -0.2) is 10.2 Å². The summed E-state index contributed by atoms with van der Waals surface area (Å²) in [6.07, 6.45) is 4.12. The third-order valence-corrected chi connectivity index (χ3v) is 5.20. The maximum Gasteiger partial charge on any atom is 0.343 e. The summed E-state index contributed by atoms with van der Waals surface area (Å²) in [5.41, 5.74) is 4.24. The summed E-state index contributed by atoms with van der Waals surface area (Å²) in [7, 11) is 1.48. The molecule has 0 aliphatic heterocycles. The number of nitrogens with zero attached hydrogens (tertiary/aromatic N) is 1. The molecule has 186 valence electrons. The molecular weight excluding hydrogens is 458 g/mol. The first kappa shape index (κ1) is 26.2. The zero-order chi connectivity index (χ0) is 25.6. The van der Waals surface area contributed by atoms with Crippen LogP contribution in [0.5, 0.6) is 11.5 Å². The van der Waals surface area contributed by atoms with Crippen LogP contribution in [-0.2, 0) is 4.79 Å². The highest BCUT2D eigenvalue weighted by Crippen LogP contribution is 2.28. The zero-order valence-electron chi connectivity index (χ0n) is 20.1. The Kier molecular flexibility index (Phi) is 10.2. The summed E-state index contributed by atoms with van der Waals surface area (Å²) in [4.78, 5) is 36.3. The predicted octanol–water partition coefficient (Wildman–Crippen LogP) is 4.35. The summed E-state index contributed by atoms with van der Waals surface area (Å²) >= 11 is 0. The van der Waals surface area contributed by atoms with Crippen molar-refractivity contribution in [3.05, 3.63) is 95.6 Å². The molecule has 2 amide bonds. The molecular formula is C28H29N3O5. The smallest absolute Gasteiger partial charge is 0.343 e. The van der Waals surface area contributed by atoms with Crippen molar-refractivity contribution in [1.29, 1.82) is 0 Å². The second-order valence-electron chi connectivity index (χ2n) is 7.89. The van der Waals surface area contributed by atoms with Gasteiger partial charge in [-0.3, -0.25) is 9.59 Å². The van der Waals surface area contributed by atoms with Crippen LogP contribution in [0.2, 0.25) is 0 Å². The molecule has 0 atom stereocenters. The van der Waals surface area contributed by atoms with Crippen molar-refractivity contribution >= 4 is 24.0 Å². The van der Waals surface area contributed by atoms with E-state index in [-0.39, 0.29) is 17.6 Å². The molecule has 36 heavy (non-hydrogen) atoms. The predicted molar refractivity (Wildman–Crippen MR) is 137 cm³/mol. The fourth-order valence-electron chi connectivity index (χ4n) is 3.30. The molecule has 0 aliphatic rings. The van der Waals surface area contributed by atoms with E-state index in [1.165, 1.54) is 13.3 Å². The molecule has 2 N–H and O–H groups in total. The molecule has 0 bridgehead atoms. The van der Waals surface area contributed by atoms with Crippen LogP contribution < -0.4 is 20.2 Å². The lowest BCUT2D eigenvalue weighted by Crippen LogP contribution is -2.24. The van der Waals surface area contributed by atoms with Crippen LogP contribution in [0.25, 0.3) is 0 Å². The van der Waals surface area contributed by atoms with Gasteiger partial charge < -0.3 is 14.8 Å². The number of hydrogen-bond donors (Lipinski definition) is 2. The molecule has 3 rings (SSSR count). The van der Waals surface area contributed by atoms with Crippen LogP contribution in [-0.4, -0.2) is 37.7 Å². The van der Waals surface area contributed by atoms with E-state index < -0.39 is 5.97 Å². The number of unbranched alkanes of at least 4 members (excludes halogenated alkanes) is 2. The van der Waals surface area contributed by atoms with E-state index in [1.807, 2.05) is 24.3 Å². The number of nitrogens with one attached hydrogen (secondary N) is 2. The Balaban J connectivity index is 1.36. The first-order valence-corrected chi connectivity index (χ1v) is 11.7. The molecule has 8 nitrogen and oxygen atoms in total. The first-order chi connectivity index (χ1) is 17.6. The lowest BCUT2D eigenvalue weighted by atomic mass is 10.2. The third-order valence-electron chi connectivity index (χ3n) is 5.20. The van der Waals surface area contributed by atoms with Crippen molar-refractivity contribution in [3.63, 3.8) is 0 Å². The number of ether oxygens (including phenoxy) is 2. The van der Waals surface area contributed by atoms with Crippen LogP contribution in [0.3, 0.4) is 0 Å². The van der Waals surface area contributed by atoms with E-state index in [4.69, 9.17) is 9.47 Å². The molecule has 0 unspecified atom stereocenters. The molecule has 0 spiro atoms. The highest BCUT2D eigenvalue weighted by molar-refractivity contribution is 5.94. The largest absolute Gasteiger partial charge is 0.493 e. The zero-order valence-corrected chi connectivity index (χ0v) is 20.1. The van der Waals surface area contributed by atoms with Crippen molar-refractivity contribution < 1.29 is 23.9 Å². The minimum absolute atomic E-state index is 0.0956. The van der Waals surface area contributed by atoms with E-state index in [0.29, 0.717) is 41.8 Å². The summed E-state index contributed by atoms with van der Waals surface area (Å²) in [5, 5.41) is 6.85. The summed E-state index contributed by atoms with van der Waals surface area (Å²) in [6, 6.07) is 22.7. The molecule has 0 aromatic heterocycles. The fraction of sp³-hybridized carbons (Fsp3) is 0.214. The lowest BCUT2D eigenvalue weighted by molar-refractivity contribution is -0.121. The number of carbonyl (C=O) groups is 3. The van der Waals surface area contributed by atoms with Crippen molar-refractivity contribution in [2.45, 2.75) is 25.7 Å². The van der Waals surface area contributed by atoms with Gasteiger partial charge in [-0.15, -0.1) is 0 Å². The SMILES string of the molecule is COc1cc(C=NNC(=O)CCCCCNC(=O)c2ccccc2)ccc1OC(=O)c1ccccc1. The number of rotatable bonds is 12. The van der Waals surface area contributed by atoms with Gasteiger partial charge in [0.2, 0.25) is 5.91 Å². The van der Waals surface area contributed by atoms with Crippen LogP contribution in [0.4, 0.5) is 0 Å². The van der Waals surface area contributed by atoms with Gasteiger partial charge in [0.05, 0.1) is 18.9 Å². The Hall–Kier alpha value is -4.46. The molecule has 0 saturated carbocycles. The van der Waals surface area contributed by atoms with E-state index in [0.717, 1.165) is 12.8 Å².